The van der Waals surface area contributed by atoms with Crippen LogP contribution in [0.2, 0.25) is 0 Å². The predicted octanol–water partition coefficient (Wildman–Crippen LogP) is 0.221. The molecule has 2 heterocycles. The number of hydrogen-bond acceptors (Lipinski definition) is 6. The smallest absolute Gasteiger partial charge is 0.261 e. The summed E-state index contributed by atoms with van der Waals surface area (Å²) in [6.45, 7) is 4.35. The molecule has 9 heteroatoms. The fourth-order valence-electron chi connectivity index (χ4n) is 2.27. The van der Waals surface area contributed by atoms with Crippen molar-refractivity contribution in [3.8, 4) is 0 Å². The molecule has 0 spiro atoms. The van der Waals surface area contributed by atoms with Gasteiger partial charge in [-0.1, -0.05) is 0 Å². The summed E-state index contributed by atoms with van der Waals surface area (Å²) < 4.78 is 0. The number of amides is 2. The number of thiophene rings is 1. The third-order valence-electron chi connectivity index (χ3n) is 3.31. The topological polar surface area (TPSA) is 107 Å². The molecule has 130 valence electrons. The van der Waals surface area contributed by atoms with E-state index < -0.39 is 0 Å². The molecular weight excluding hydrogens is 330 g/mol. The summed E-state index contributed by atoms with van der Waals surface area (Å²) in [7, 11) is 3.77. The Morgan fingerprint density at radius 2 is 1.92 bits per heavy atom. The highest BCUT2D eigenvalue weighted by Crippen LogP contribution is 2.26. The maximum absolute atomic E-state index is 12.3. The first-order valence-electron chi connectivity index (χ1n) is 7.49. The first-order chi connectivity index (χ1) is 11.3. The van der Waals surface area contributed by atoms with Crippen LogP contribution in [-0.2, 0) is 11.3 Å². The van der Waals surface area contributed by atoms with Crippen LogP contribution < -0.4 is 16.2 Å². The van der Waals surface area contributed by atoms with Crippen LogP contribution in [0.4, 0.5) is 0 Å². The first-order valence-corrected chi connectivity index (χ1v) is 8.31. The van der Waals surface area contributed by atoms with Gasteiger partial charge in [-0.3, -0.25) is 14.4 Å². The van der Waals surface area contributed by atoms with E-state index in [0.29, 0.717) is 46.1 Å². The van der Waals surface area contributed by atoms with E-state index in [4.69, 9.17) is 0 Å². The molecule has 2 amide bonds. The van der Waals surface area contributed by atoms with Crippen LogP contribution in [0.15, 0.2) is 4.79 Å². The Balaban J connectivity index is 2.23. The minimum atomic E-state index is -0.269. The van der Waals surface area contributed by atoms with Crippen molar-refractivity contribution in [1.29, 1.82) is 0 Å². The number of rotatable bonds is 6. The molecule has 24 heavy (non-hydrogen) atoms. The zero-order chi connectivity index (χ0) is 17.9. The van der Waals surface area contributed by atoms with E-state index in [0.717, 1.165) is 0 Å². The Hall–Kier alpha value is -2.26. The van der Waals surface area contributed by atoms with E-state index in [1.165, 1.54) is 18.3 Å². The predicted molar refractivity (Wildman–Crippen MR) is 93.4 cm³/mol. The van der Waals surface area contributed by atoms with Crippen LogP contribution in [-0.4, -0.2) is 53.9 Å². The number of H-pyrrole nitrogens is 1. The number of aromatic nitrogens is 2. The lowest BCUT2D eigenvalue weighted by molar-refractivity contribution is -0.118. The number of aryl methyl sites for hydroxylation is 1. The number of aromatic amines is 1. The van der Waals surface area contributed by atoms with Gasteiger partial charge < -0.3 is 20.5 Å². The number of hydrogen-bond donors (Lipinski definition) is 3. The normalized spacial score (nSPS) is 11.0. The Morgan fingerprint density at radius 3 is 2.54 bits per heavy atom. The largest absolute Gasteiger partial charge is 0.355 e. The molecule has 2 aromatic rings. The van der Waals surface area contributed by atoms with E-state index >= 15 is 0 Å². The molecule has 8 nitrogen and oxygen atoms in total. The third-order valence-corrected chi connectivity index (χ3v) is 4.49. The molecule has 0 fully saturated rings. The number of fused-ring (bicyclic) bond motifs is 1. The SMILES string of the molecule is CC(=O)NCCNC(=O)c1sc2nc(CN(C)C)[nH]c(=O)c2c1C. The monoisotopic (exact) mass is 351 g/mol. The zero-order valence-corrected chi connectivity index (χ0v) is 15.0. The summed E-state index contributed by atoms with van der Waals surface area (Å²) in [5, 5.41) is 5.79. The molecule has 0 radical (unpaired) electrons. The van der Waals surface area contributed by atoms with Crippen LogP contribution in [0.3, 0.4) is 0 Å². The van der Waals surface area contributed by atoms with Crippen molar-refractivity contribution in [2.75, 3.05) is 27.2 Å². The van der Waals surface area contributed by atoms with E-state index in [1.54, 1.807) is 6.92 Å². The highest BCUT2D eigenvalue weighted by molar-refractivity contribution is 7.20. The average molecular weight is 351 g/mol. The maximum atomic E-state index is 12.3. The minimum Gasteiger partial charge on any atom is -0.355 e. The minimum absolute atomic E-state index is 0.147. The second-order valence-electron chi connectivity index (χ2n) is 5.73. The molecule has 0 saturated heterocycles. The Bertz CT molecular complexity index is 824. The molecule has 0 aliphatic heterocycles. The van der Waals surface area contributed by atoms with Gasteiger partial charge in [0.15, 0.2) is 0 Å². The van der Waals surface area contributed by atoms with Crippen molar-refractivity contribution in [2.24, 2.45) is 0 Å². The molecule has 0 aromatic carbocycles. The van der Waals surface area contributed by atoms with Crippen LogP contribution in [0, 0.1) is 6.92 Å². The third kappa shape index (κ3) is 4.18. The molecule has 0 aliphatic rings. The summed E-state index contributed by atoms with van der Waals surface area (Å²) in [6, 6.07) is 0. The lowest BCUT2D eigenvalue weighted by Gasteiger charge is -2.07. The van der Waals surface area contributed by atoms with E-state index in [2.05, 4.69) is 20.6 Å². The van der Waals surface area contributed by atoms with Gasteiger partial charge in [-0.05, 0) is 26.6 Å². The molecule has 0 aliphatic carbocycles. The molecule has 3 N–H and O–H groups in total. The molecule has 0 unspecified atom stereocenters. The summed E-state index contributed by atoms with van der Waals surface area (Å²) in [5.74, 6) is 0.150. The Kier molecular flexibility index (Phi) is 5.68. The lowest BCUT2D eigenvalue weighted by Crippen LogP contribution is -2.33. The van der Waals surface area contributed by atoms with Crippen molar-refractivity contribution in [2.45, 2.75) is 20.4 Å². The van der Waals surface area contributed by atoms with E-state index in [-0.39, 0.29) is 17.4 Å². The Morgan fingerprint density at radius 1 is 1.25 bits per heavy atom. The number of nitrogens with zero attached hydrogens (tertiary/aromatic N) is 2. The quantitative estimate of drug-likeness (QED) is 0.646. The van der Waals surface area contributed by atoms with Gasteiger partial charge in [0.1, 0.15) is 10.7 Å². The number of nitrogens with one attached hydrogen (secondary N) is 3. The molecule has 2 rings (SSSR count). The van der Waals surface area contributed by atoms with Crippen LogP contribution in [0.25, 0.3) is 10.2 Å². The molecule has 0 atom stereocenters. The zero-order valence-electron chi connectivity index (χ0n) is 14.1. The highest BCUT2D eigenvalue weighted by Gasteiger charge is 2.19. The number of carbonyl (C=O) groups excluding carboxylic acids is 2. The Labute approximate surface area is 143 Å². The second-order valence-corrected chi connectivity index (χ2v) is 6.72. The van der Waals surface area contributed by atoms with E-state index in [9.17, 15) is 14.4 Å². The fourth-order valence-corrected chi connectivity index (χ4v) is 3.39. The molecule has 0 saturated carbocycles. The summed E-state index contributed by atoms with van der Waals surface area (Å²) in [5.41, 5.74) is 0.389. The van der Waals surface area contributed by atoms with Crippen molar-refractivity contribution < 1.29 is 9.59 Å². The van der Waals surface area contributed by atoms with Crippen molar-refractivity contribution in [3.05, 3.63) is 26.6 Å². The summed E-state index contributed by atoms with van der Waals surface area (Å²) >= 11 is 1.20. The summed E-state index contributed by atoms with van der Waals surface area (Å²) in [4.78, 5) is 45.5. The van der Waals surface area contributed by atoms with Crippen molar-refractivity contribution in [3.63, 3.8) is 0 Å². The molecule has 2 aromatic heterocycles. The van der Waals surface area contributed by atoms with Gasteiger partial charge in [0.25, 0.3) is 11.5 Å². The first kappa shape index (κ1) is 18.1. The lowest BCUT2D eigenvalue weighted by atomic mass is 10.2. The van der Waals surface area contributed by atoms with Crippen LogP contribution in [0.5, 0.6) is 0 Å². The van der Waals surface area contributed by atoms with E-state index in [1.807, 2.05) is 19.0 Å². The van der Waals surface area contributed by atoms with Crippen molar-refractivity contribution >= 4 is 33.4 Å². The van der Waals surface area contributed by atoms with Crippen molar-refractivity contribution in [1.82, 2.24) is 25.5 Å². The van der Waals surface area contributed by atoms with Gasteiger partial charge in [0.2, 0.25) is 5.91 Å². The summed E-state index contributed by atoms with van der Waals surface area (Å²) in [6.07, 6.45) is 0. The van der Waals surface area contributed by atoms with Gasteiger partial charge in [0, 0.05) is 20.0 Å². The van der Waals surface area contributed by atoms with Gasteiger partial charge in [0.05, 0.1) is 16.8 Å². The van der Waals surface area contributed by atoms with Gasteiger partial charge in [-0.2, -0.15) is 0 Å². The van der Waals surface area contributed by atoms with Crippen LogP contribution >= 0.6 is 11.3 Å². The fraction of sp³-hybridized carbons (Fsp3) is 0.467. The van der Waals surface area contributed by atoms with Crippen LogP contribution in [0.1, 0.15) is 28.0 Å². The van der Waals surface area contributed by atoms with Gasteiger partial charge in [-0.25, -0.2) is 4.98 Å². The maximum Gasteiger partial charge on any atom is 0.261 e. The standard InChI is InChI=1S/C15H21N5O3S/c1-8-11-13(22)18-10(7-20(3)4)19-15(11)24-12(8)14(23)17-6-5-16-9(2)21/h5-7H2,1-4H3,(H,16,21)(H,17,23)(H,18,19,22). The average Bonchev–Trinajstić information content (AvgIpc) is 2.80. The highest BCUT2D eigenvalue weighted by atomic mass is 32.1. The second kappa shape index (κ2) is 7.54. The number of carbonyl (C=O) groups is 2. The molecule has 0 bridgehead atoms. The van der Waals surface area contributed by atoms with Gasteiger partial charge >= 0.3 is 0 Å². The molecular formula is C15H21N5O3S. The van der Waals surface area contributed by atoms with Gasteiger partial charge in [-0.15, -0.1) is 11.3 Å².